The van der Waals surface area contributed by atoms with Gasteiger partial charge in [-0.25, -0.2) is 9.78 Å². The summed E-state index contributed by atoms with van der Waals surface area (Å²) < 4.78 is 0. The van der Waals surface area contributed by atoms with Gasteiger partial charge in [0, 0.05) is 17.3 Å². The molecule has 0 saturated carbocycles. The summed E-state index contributed by atoms with van der Waals surface area (Å²) in [6, 6.07) is 0.876. The molecule has 2 aliphatic rings. The third-order valence-corrected chi connectivity index (χ3v) is 5.60. The van der Waals surface area contributed by atoms with Crippen LogP contribution >= 0.6 is 23.1 Å². The van der Waals surface area contributed by atoms with Crippen LogP contribution < -0.4 is 11.1 Å². The molecule has 0 bridgehead atoms. The number of β-lactam (4-membered cyclic amide) rings is 1. The first kappa shape index (κ1) is 18.7. The van der Waals surface area contributed by atoms with Crippen LogP contribution in [0.1, 0.15) is 5.69 Å². The SMILES string of the molecule is N#CCON=C(C(=O)NC1C(=O)N2C=C(C(=O)O)CS[C@H]12)c1csc(N)n1. The number of thioether (sulfide) groups is 1. The average molecular weight is 408 g/mol. The minimum absolute atomic E-state index is 0.111. The number of anilines is 1. The molecular weight excluding hydrogens is 396 g/mol. The molecule has 2 atom stereocenters. The molecule has 3 heterocycles. The minimum Gasteiger partial charge on any atom is -0.478 e. The van der Waals surface area contributed by atoms with Crippen molar-refractivity contribution in [3.05, 3.63) is 22.8 Å². The first-order valence-corrected chi connectivity index (χ1v) is 9.32. The van der Waals surface area contributed by atoms with Crippen molar-refractivity contribution in [2.24, 2.45) is 5.16 Å². The summed E-state index contributed by atoms with van der Waals surface area (Å²) in [7, 11) is 0. The van der Waals surface area contributed by atoms with Crippen molar-refractivity contribution in [2.45, 2.75) is 11.4 Å². The van der Waals surface area contributed by atoms with E-state index in [0.717, 1.165) is 11.3 Å². The van der Waals surface area contributed by atoms with Gasteiger partial charge in [0.05, 0.1) is 5.57 Å². The average Bonchev–Trinajstić information content (AvgIpc) is 3.08. The number of carboxylic acid groups (broad SMARTS) is 1. The number of carboxylic acids is 1. The van der Waals surface area contributed by atoms with Crippen molar-refractivity contribution in [1.29, 1.82) is 5.26 Å². The van der Waals surface area contributed by atoms with Gasteiger partial charge < -0.3 is 25.9 Å². The first-order chi connectivity index (χ1) is 12.9. The van der Waals surface area contributed by atoms with Crippen LogP contribution in [0, 0.1) is 11.3 Å². The number of fused-ring (bicyclic) bond motifs is 1. The summed E-state index contributed by atoms with van der Waals surface area (Å²) in [5.41, 5.74) is 5.61. The highest BCUT2D eigenvalue weighted by atomic mass is 32.2. The molecule has 0 aliphatic carbocycles. The van der Waals surface area contributed by atoms with Crippen LogP contribution in [0.15, 0.2) is 22.3 Å². The molecule has 2 amide bonds. The number of aliphatic carboxylic acids is 1. The van der Waals surface area contributed by atoms with E-state index < -0.39 is 29.2 Å². The molecule has 1 aromatic rings. The summed E-state index contributed by atoms with van der Waals surface area (Å²) in [6.07, 6.45) is 1.28. The van der Waals surface area contributed by atoms with Gasteiger partial charge >= 0.3 is 5.97 Å². The van der Waals surface area contributed by atoms with E-state index >= 15 is 0 Å². The van der Waals surface area contributed by atoms with Crippen molar-refractivity contribution < 1.29 is 24.3 Å². The van der Waals surface area contributed by atoms with Crippen molar-refractivity contribution >= 4 is 51.7 Å². The number of hydrogen-bond donors (Lipinski definition) is 3. The Bertz CT molecular complexity index is 904. The number of carbonyl (C=O) groups is 3. The zero-order valence-electron chi connectivity index (χ0n) is 13.5. The number of nitriles is 1. The van der Waals surface area contributed by atoms with E-state index in [1.165, 1.54) is 28.2 Å². The highest BCUT2D eigenvalue weighted by Gasteiger charge is 2.50. The lowest BCUT2D eigenvalue weighted by atomic mass is 10.1. The van der Waals surface area contributed by atoms with E-state index in [4.69, 9.17) is 20.9 Å². The van der Waals surface area contributed by atoms with Gasteiger partial charge in [-0.3, -0.25) is 9.59 Å². The third-order valence-electron chi connectivity index (χ3n) is 3.61. The molecule has 1 aromatic heterocycles. The minimum atomic E-state index is -1.09. The number of oxime groups is 1. The van der Waals surface area contributed by atoms with Crippen LogP contribution in [0.5, 0.6) is 0 Å². The zero-order chi connectivity index (χ0) is 19.6. The number of carbonyl (C=O) groups excluding carboxylic acids is 2. The highest BCUT2D eigenvalue weighted by molar-refractivity contribution is 8.00. The predicted molar refractivity (Wildman–Crippen MR) is 95.4 cm³/mol. The van der Waals surface area contributed by atoms with Gasteiger partial charge in [0.15, 0.2) is 10.8 Å². The van der Waals surface area contributed by atoms with E-state index in [9.17, 15) is 14.4 Å². The quantitative estimate of drug-likeness (QED) is 0.239. The number of nitrogens with zero attached hydrogens (tertiary/aromatic N) is 4. The molecule has 4 N–H and O–H groups in total. The molecule has 0 spiro atoms. The smallest absolute Gasteiger partial charge is 0.333 e. The van der Waals surface area contributed by atoms with Gasteiger partial charge in [-0.1, -0.05) is 5.16 Å². The Labute approximate surface area is 160 Å². The second kappa shape index (κ2) is 7.64. The number of nitrogens with two attached hydrogens (primary N) is 1. The Kier molecular flexibility index (Phi) is 5.28. The van der Waals surface area contributed by atoms with Gasteiger partial charge in [0.25, 0.3) is 11.8 Å². The summed E-state index contributed by atoms with van der Waals surface area (Å²) in [5.74, 6) is -2.03. The third kappa shape index (κ3) is 3.71. The van der Waals surface area contributed by atoms with Gasteiger partial charge in [0.2, 0.25) is 6.61 Å². The Morgan fingerprint density at radius 1 is 1.59 bits per heavy atom. The van der Waals surface area contributed by atoms with E-state index in [2.05, 4.69) is 15.5 Å². The lowest BCUT2D eigenvalue weighted by molar-refractivity contribution is -0.144. The van der Waals surface area contributed by atoms with Gasteiger partial charge in [-0.2, -0.15) is 5.26 Å². The van der Waals surface area contributed by atoms with Gasteiger partial charge in [-0.05, 0) is 0 Å². The van der Waals surface area contributed by atoms with E-state index in [0.29, 0.717) is 0 Å². The lowest BCUT2D eigenvalue weighted by Crippen LogP contribution is -2.69. The summed E-state index contributed by atoms with van der Waals surface area (Å²) in [6.45, 7) is -0.367. The Morgan fingerprint density at radius 2 is 2.37 bits per heavy atom. The maximum absolute atomic E-state index is 12.6. The van der Waals surface area contributed by atoms with Crippen LogP contribution in [0.4, 0.5) is 5.13 Å². The number of nitrogens with one attached hydrogen (secondary N) is 1. The fourth-order valence-corrected chi connectivity index (χ4v) is 4.16. The van der Waals surface area contributed by atoms with Crippen LogP contribution in [0.3, 0.4) is 0 Å². The lowest BCUT2D eigenvalue weighted by Gasteiger charge is -2.46. The molecule has 3 rings (SSSR count). The van der Waals surface area contributed by atoms with E-state index in [-0.39, 0.29) is 34.5 Å². The van der Waals surface area contributed by atoms with Crippen molar-refractivity contribution in [3.63, 3.8) is 0 Å². The molecule has 27 heavy (non-hydrogen) atoms. The number of aromatic nitrogens is 1. The van der Waals surface area contributed by atoms with Crippen molar-refractivity contribution in [3.8, 4) is 6.07 Å². The van der Waals surface area contributed by atoms with Gasteiger partial charge in [0.1, 0.15) is 23.2 Å². The Hall–Kier alpha value is -3.11. The molecule has 1 fully saturated rings. The monoisotopic (exact) mass is 408 g/mol. The van der Waals surface area contributed by atoms with Gasteiger partial charge in [-0.15, -0.1) is 23.1 Å². The molecule has 0 aromatic carbocycles. The topological polar surface area (TPSA) is 171 Å². The molecule has 2 aliphatic heterocycles. The standard InChI is InChI=1S/C14H12N6O5S2/c15-1-2-25-19-8(7-5-27-14(16)17-7)10(21)18-9-11(22)20-3-6(13(23)24)4-26-12(9)20/h3,5,9,12H,2,4H2,(H2,16,17)(H,18,21)(H,23,24)/t9?,12-/m1/s1. The summed E-state index contributed by atoms with van der Waals surface area (Å²) in [4.78, 5) is 45.8. The maximum Gasteiger partial charge on any atom is 0.333 e. The second-order valence-corrected chi connectivity index (χ2v) is 7.29. The number of thiazole rings is 1. The first-order valence-electron chi connectivity index (χ1n) is 7.39. The Balaban J connectivity index is 1.73. The molecular formula is C14H12N6O5S2. The Morgan fingerprint density at radius 3 is 3.00 bits per heavy atom. The maximum atomic E-state index is 12.6. The number of nitrogen functional groups attached to an aromatic ring is 1. The van der Waals surface area contributed by atoms with Crippen LogP contribution in [0.25, 0.3) is 0 Å². The van der Waals surface area contributed by atoms with Crippen molar-refractivity contribution in [1.82, 2.24) is 15.2 Å². The molecule has 1 saturated heterocycles. The highest BCUT2D eigenvalue weighted by Crippen LogP contribution is 2.36. The summed E-state index contributed by atoms with van der Waals surface area (Å²) in [5, 5.41) is 25.0. The summed E-state index contributed by atoms with van der Waals surface area (Å²) >= 11 is 2.32. The molecule has 140 valence electrons. The fraction of sp³-hybridized carbons (Fsp3) is 0.286. The van der Waals surface area contributed by atoms with Crippen LogP contribution in [-0.2, 0) is 19.2 Å². The molecule has 13 heteroatoms. The second-order valence-electron chi connectivity index (χ2n) is 5.30. The molecule has 11 nitrogen and oxygen atoms in total. The van der Waals surface area contributed by atoms with Crippen molar-refractivity contribution in [2.75, 3.05) is 18.1 Å². The number of hydrogen-bond acceptors (Lipinski definition) is 10. The number of rotatable bonds is 6. The molecule has 0 radical (unpaired) electrons. The van der Waals surface area contributed by atoms with Crippen LogP contribution in [0.2, 0.25) is 0 Å². The fourth-order valence-electron chi connectivity index (χ4n) is 2.37. The van der Waals surface area contributed by atoms with E-state index in [1.807, 2.05) is 0 Å². The van der Waals surface area contributed by atoms with E-state index in [1.54, 1.807) is 6.07 Å². The zero-order valence-corrected chi connectivity index (χ0v) is 15.1. The van der Waals surface area contributed by atoms with Crippen LogP contribution in [-0.4, -0.2) is 62.3 Å². The normalized spacial score (nSPS) is 21.4. The number of amides is 2. The predicted octanol–water partition coefficient (Wildman–Crippen LogP) is -0.662. The molecule has 1 unspecified atom stereocenters. The largest absolute Gasteiger partial charge is 0.478 e.